The number of carboxylic acids is 1. The molecule has 0 aliphatic carbocycles. The largest absolute Gasteiger partial charge is 0.491 e. The summed E-state index contributed by atoms with van der Waals surface area (Å²) in [6.45, 7) is -1.18. The summed E-state index contributed by atoms with van der Waals surface area (Å²) >= 11 is 0. The van der Waals surface area contributed by atoms with Crippen LogP contribution >= 0.6 is 0 Å². The Morgan fingerprint density at radius 3 is 2.22 bits per heavy atom. The highest BCUT2D eigenvalue weighted by molar-refractivity contribution is 6.23. The second kappa shape index (κ2) is 17.7. The number of anilines is 1. The van der Waals surface area contributed by atoms with Crippen LogP contribution in [-0.2, 0) is 35.9 Å². The third-order valence-corrected chi connectivity index (χ3v) is 11.6. The zero-order chi connectivity index (χ0) is 45.1. The van der Waals surface area contributed by atoms with Gasteiger partial charge in [-0.05, 0) is 58.7 Å². The number of morpholine rings is 1. The molecular formula is C47H39N5O12. The van der Waals surface area contributed by atoms with Gasteiger partial charge in [0.05, 0.1) is 35.8 Å². The van der Waals surface area contributed by atoms with Crippen LogP contribution in [0.4, 0.5) is 21.0 Å². The highest BCUT2D eigenvalue weighted by atomic mass is 16.6. The van der Waals surface area contributed by atoms with Crippen LogP contribution < -0.4 is 20.7 Å². The number of para-hydroxylation sites is 1. The number of nitro benzene ring substituents is 1. The number of amides is 4. The van der Waals surface area contributed by atoms with E-state index in [1.54, 1.807) is 77.7 Å². The fourth-order valence-electron chi connectivity index (χ4n) is 9.11. The molecule has 2 fully saturated rings. The molecule has 0 aromatic heterocycles. The number of esters is 1. The lowest BCUT2D eigenvalue weighted by Crippen LogP contribution is -2.53. The minimum Gasteiger partial charge on any atom is -0.491 e. The summed E-state index contributed by atoms with van der Waals surface area (Å²) in [6.07, 6.45) is -2.24. The maximum Gasteiger partial charge on any atom is 0.421 e. The molecule has 17 heteroatoms. The standard InChI is InChI=1S/C47H39N5O12/c48-45(58)49-23-9-10-28-19-22-35-34(26-28)47(44(57)50(35)46(59)63-27-29-17-20-32(21-18-29)52(60)61)37(42(54)55)39-43(56)64-40(31-13-5-2-6-14-31)38(30-11-3-1-4-12-30)51(39)41(47)33-15-7-8-16-36(33)62-25-24-53/h1-8,11-22,26,37-41,53H,23-25,27H2,(H,54,55)(H3,48,49,58)/t37-,38-,39-,40+,41+,47-/m1/s1. The number of carbonyl (C=O) groups is 5. The van der Waals surface area contributed by atoms with Gasteiger partial charge < -0.3 is 35.5 Å². The Bertz CT molecular complexity index is 2710. The molecule has 0 bridgehead atoms. The van der Waals surface area contributed by atoms with Crippen molar-refractivity contribution in [2.24, 2.45) is 11.7 Å². The number of aliphatic carboxylic acids is 1. The van der Waals surface area contributed by atoms with Crippen LogP contribution in [0.2, 0.25) is 0 Å². The number of carboxylic acid groups (broad SMARTS) is 1. The highest BCUT2D eigenvalue weighted by Gasteiger charge is 2.76. The first-order valence-electron chi connectivity index (χ1n) is 20.0. The normalized spacial score (nSPS) is 22.1. The van der Waals surface area contributed by atoms with Crippen molar-refractivity contribution in [2.75, 3.05) is 24.7 Å². The van der Waals surface area contributed by atoms with Gasteiger partial charge in [-0.25, -0.2) is 14.5 Å². The molecule has 0 saturated carbocycles. The Morgan fingerprint density at radius 1 is 0.891 bits per heavy atom. The van der Waals surface area contributed by atoms with Gasteiger partial charge in [0, 0.05) is 23.3 Å². The summed E-state index contributed by atoms with van der Waals surface area (Å²) in [4.78, 5) is 84.2. The van der Waals surface area contributed by atoms with E-state index in [0.29, 0.717) is 16.7 Å². The van der Waals surface area contributed by atoms with E-state index in [9.17, 15) is 39.5 Å². The first kappa shape index (κ1) is 42.6. The van der Waals surface area contributed by atoms with E-state index in [-0.39, 0.29) is 47.0 Å². The van der Waals surface area contributed by atoms with E-state index in [0.717, 1.165) is 4.90 Å². The number of carbonyl (C=O) groups excluding carboxylic acids is 4. The summed E-state index contributed by atoms with van der Waals surface area (Å²) in [5.74, 6) is 0.357. The number of ether oxygens (including phenoxy) is 3. The van der Waals surface area contributed by atoms with Crippen LogP contribution in [-0.4, -0.2) is 75.8 Å². The highest BCUT2D eigenvalue weighted by Crippen LogP contribution is 2.66. The summed E-state index contributed by atoms with van der Waals surface area (Å²) in [5, 5.41) is 35.1. The lowest BCUT2D eigenvalue weighted by Gasteiger charge is -2.46. The summed E-state index contributed by atoms with van der Waals surface area (Å²) in [6, 6.07) is 29.2. The smallest absolute Gasteiger partial charge is 0.421 e. The number of aliphatic hydroxyl groups excluding tert-OH is 1. The SMILES string of the molecule is NC(=O)NCC#Cc1ccc2c(c1)[C@]1(C(=O)N2C(=O)OCc2ccc([N+](=O)[O-])cc2)[C@H](c2ccccc2OCCO)N2[C@H](c3ccccc3)[C@H](c3ccccc3)OC(=O)[C@H]2[C@@H]1C(=O)O. The molecule has 5 aromatic carbocycles. The van der Waals surface area contributed by atoms with Crippen molar-refractivity contribution in [3.63, 3.8) is 0 Å². The maximum atomic E-state index is 16.0. The van der Waals surface area contributed by atoms with Crippen LogP contribution in [0.25, 0.3) is 0 Å². The molecule has 3 heterocycles. The molecule has 64 heavy (non-hydrogen) atoms. The molecule has 4 amide bonds. The van der Waals surface area contributed by atoms with Crippen molar-refractivity contribution in [1.29, 1.82) is 0 Å². The monoisotopic (exact) mass is 865 g/mol. The third kappa shape index (κ3) is 7.50. The molecule has 5 aromatic rings. The molecule has 0 radical (unpaired) electrons. The van der Waals surface area contributed by atoms with Crippen molar-refractivity contribution >= 4 is 41.3 Å². The number of rotatable bonds is 11. The fraction of sp³-hybridized carbons (Fsp3) is 0.213. The average Bonchev–Trinajstić information content (AvgIpc) is 3.76. The van der Waals surface area contributed by atoms with Gasteiger partial charge in [0.1, 0.15) is 42.4 Å². The lowest BCUT2D eigenvalue weighted by molar-refractivity contribution is -0.384. The predicted octanol–water partition coefficient (Wildman–Crippen LogP) is 5.07. The van der Waals surface area contributed by atoms with Crippen LogP contribution in [0.5, 0.6) is 5.75 Å². The van der Waals surface area contributed by atoms with E-state index < -0.39 is 83.7 Å². The molecule has 324 valence electrons. The number of primary amides is 1. The summed E-state index contributed by atoms with van der Waals surface area (Å²) in [7, 11) is 0. The number of cyclic esters (lactones) is 1. The zero-order valence-electron chi connectivity index (χ0n) is 33.7. The summed E-state index contributed by atoms with van der Waals surface area (Å²) < 4.78 is 18.1. The lowest BCUT2D eigenvalue weighted by atomic mass is 9.65. The van der Waals surface area contributed by atoms with Crippen molar-refractivity contribution in [1.82, 2.24) is 10.2 Å². The van der Waals surface area contributed by atoms with Crippen LogP contribution in [0.15, 0.2) is 127 Å². The molecule has 6 atom stereocenters. The van der Waals surface area contributed by atoms with Crippen molar-refractivity contribution in [3.05, 3.63) is 171 Å². The average molecular weight is 866 g/mol. The number of hydrogen-bond donors (Lipinski definition) is 4. The van der Waals surface area contributed by atoms with Gasteiger partial charge >= 0.3 is 24.1 Å². The molecular weight excluding hydrogens is 827 g/mol. The van der Waals surface area contributed by atoms with Crippen molar-refractivity contribution in [3.8, 4) is 17.6 Å². The minimum atomic E-state index is -2.35. The number of nitrogens with one attached hydrogen (secondary N) is 1. The fourth-order valence-corrected chi connectivity index (χ4v) is 9.11. The Kier molecular flexibility index (Phi) is 11.8. The van der Waals surface area contributed by atoms with E-state index >= 15 is 4.79 Å². The molecule has 1 spiro atoms. The Morgan fingerprint density at radius 2 is 1.56 bits per heavy atom. The number of aliphatic hydroxyl groups is 1. The van der Waals surface area contributed by atoms with Crippen molar-refractivity contribution in [2.45, 2.75) is 36.3 Å². The quantitative estimate of drug-likeness (QED) is 0.0588. The van der Waals surface area contributed by atoms with E-state index in [2.05, 4.69) is 17.2 Å². The van der Waals surface area contributed by atoms with Gasteiger partial charge in [0.15, 0.2) is 0 Å². The predicted molar refractivity (Wildman–Crippen MR) is 226 cm³/mol. The Labute approximate surface area is 365 Å². The van der Waals surface area contributed by atoms with E-state index in [1.807, 2.05) is 12.1 Å². The van der Waals surface area contributed by atoms with Crippen LogP contribution in [0, 0.1) is 27.9 Å². The number of hydrogen-bond acceptors (Lipinski definition) is 12. The van der Waals surface area contributed by atoms with Crippen LogP contribution in [0.1, 0.15) is 51.6 Å². The van der Waals surface area contributed by atoms with Crippen molar-refractivity contribution < 1.29 is 53.3 Å². The number of fused-ring (bicyclic) bond motifs is 3. The second-order valence-electron chi connectivity index (χ2n) is 15.1. The second-order valence-corrected chi connectivity index (χ2v) is 15.1. The van der Waals surface area contributed by atoms with E-state index in [1.165, 1.54) is 42.5 Å². The van der Waals surface area contributed by atoms with Gasteiger partial charge in [-0.1, -0.05) is 90.7 Å². The Balaban J connectivity index is 1.39. The number of benzene rings is 5. The summed E-state index contributed by atoms with van der Waals surface area (Å²) in [5.41, 5.74) is 4.69. The molecule has 8 rings (SSSR count). The number of imide groups is 1. The van der Waals surface area contributed by atoms with E-state index in [4.69, 9.17) is 19.9 Å². The van der Waals surface area contributed by atoms with Gasteiger partial charge in [-0.3, -0.25) is 29.4 Å². The first-order valence-corrected chi connectivity index (χ1v) is 20.0. The number of nitrogens with zero attached hydrogens (tertiary/aromatic N) is 3. The number of urea groups is 1. The number of nitro groups is 1. The van der Waals surface area contributed by atoms with Gasteiger partial charge in [0.25, 0.3) is 5.69 Å². The van der Waals surface area contributed by atoms with Crippen LogP contribution in [0.3, 0.4) is 0 Å². The molecule has 0 unspecified atom stereocenters. The topological polar surface area (TPSA) is 241 Å². The third-order valence-electron chi connectivity index (χ3n) is 11.6. The van der Waals surface area contributed by atoms with Gasteiger partial charge in [0.2, 0.25) is 5.91 Å². The maximum absolute atomic E-state index is 16.0. The first-order chi connectivity index (χ1) is 31.0. The van der Waals surface area contributed by atoms with Gasteiger partial charge in [-0.2, -0.15) is 0 Å². The molecule has 5 N–H and O–H groups in total. The minimum absolute atomic E-state index is 0.0130. The molecule has 2 saturated heterocycles. The Hall–Kier alpha value is -8.07. The molecule has 3 aliphatic rings. The molecule has 17 nitrogen and oxygen atoms in total. The molecule has 3 aliphatic heterocycles. The van der Waals surface area contributed by atoms with Gasteiger partial charge in [-0.15, -0.1) is 0 Å². The number of nitrogens with two attached hydrogens (primary N) is 1. The number of non-ortho nitro benzene ring substituents is 1. The zero-order valence-corrected chi connectivity index (χ0v) is 33.7.